The molecular weight excluding hydrogens is 309 g/mol. The maximum absolute atomic E-state index is 12.9. The number of anilines is 2. The highest BCUT2D eigenvalue weighted by Crippen LogP contribution is 2.22. The van der Waals surface area contributed by atoms with Crippen LogP contribution >= 0.6 is 11.3 Å². The third-order valence-corrected chi connectivity index (χ3v) is 3.44. The van der Waals surface area contributed by atoms with Crippen LogP contribution in [0.5, 0.6) is 0 Å². The van der Waals surface area contributed by atoms with Crippen LogP contribution in [0.15, 0.2) is 29.6 Å². The van der Waals surface area contributed by atoms with E-state index in [0.29, 0.717) is 10.6 Å². The van der Waals surface area contributed by atoms with Crippen molar-refractivity contribution in [3.63, 3.8) is 0 Å². The average Bonchev–Trinajstić information content (AvgIpc) is 2.92. The third-order valence-electron chi connectivity index (χ3n) is 2.61. The van der Waals surface area contributed by atoms with Gasteiger partial charge in [-0.05, 0) is 29.6 Å². The fourth-order valence-electron chi connectivity index (χ4n) is 1.59. The van der Waals surface area contributed by atoms with Gasteiger partial charge >= 0.3 is 5.97 Å². The van der Waals surface area contributed by atoms with Crippen molar-refractivity contribution in [3.05, 3.63) is 46.6 Å². The molecular formula is C14H10FN3O3S. The molecule has 6 nitrogen and oxygen atoms in total. The number of thiophene rings is 1. The summed E-state index contributed by atoms with van der Waals surface area (Å²) in [4.78, 5) is 23.4. The molecule has 0 radical (unpaired) electrons. The quantitative estimate of drug-likeness (QED) is 0.663. The molecule has 8 heteroatoms. The van der Waals surface area contributed by atoms with Crippen molar-refractivity contribution in [1.29, 1.82) is 5.26 Å². The number of halogens is 1. The number of nitrogen functional groups attached to an aromatic ring is 1. The first-order valence-electron chi connectivity index (χ1n) is 6.01. The number of hydrogen-bond acceptors (Lipinski definition) is 6. The second kappa shape index (κ2) is 6.69. The molecule has 0 saturated heterocycles. The van der Waals surface area contributed by atoms with Gasteiger partial charge in [0.05, 0.1) is 11.1 Å². The number of nitrogens with zero attached hydrogens (tertiary/aromatic N) is 1. The molecule has 112 valence electrons. The zero-order valence-corrected chi connectivity index (χ0v) is 11.9. The monoisotopic (exact) mass is 319 g/mol. The summed E-state index contributed by atoms with van der Waals surface area (Å²) in [5, 5.41) is 13.3. The Labute approximate surface area is 128 Å². The van der Waals surface area contributed by atoms with Gasteiger partial charge in [-0.25, -0.2) is 9.18 Å². The van der Waals surface area contributed by atoms with E-state index in [2.05, 4.69) is 5.32 Å². The molecule has 1 amide bonds. The van der Waals surface area contributed by atoms with Crippen molar-refractivity contribution >= 4 is 33.9 Å². The second-order valence-corrected chi connectivity index (χ2v) is 5.05. The molecule has 0 aliphatic rings. The molecule has 0 unspecified atom stereocenters. The Bertz CT molecular complexity index is 767. The number of nitriles is 1. The summed E-state index contributed by atoms with van der Waals surface area (Å²) in [5.74, 6) is -2.00. The lowest BCUT2D eigenvalue weighted by atomic mass is 10.2. The first-order chi connectivity index (χ1) is 10.5. The molecule has 0 spiro atoms. The first-order valence-corrected chi connectivity index (χ1v) is 6.89. The maximum Gasteiger partial charge on any atom is 0.340 e. The Morgan fingerprint density at radius 2 is 2.18 bits per heavy atom. The smallest absolute Gasteiger partial charge is 0.340 e. The van der Waals surface area contributed by atoms with Crippen molar-refractivity contribution in [3.8, 4) is 6.07 Å². The topological polar surface area (TPSA) is 105 Å². The predicted molar refractivity (Wildman–Crippen MR) is 78.8 cm³/mol. The molecule has 1 aromatic carbocycles. The standard InChI is InChI=1S/C14H10FN3O3S/c15-9-1-2-10(11(17)5-9)14(20)21-7-12(19)18-13-8(6-16)3-4-22-13/h1-5H,7,17H2,(H,18,19). The normalized spacial score (nSPS) is 9.82. The molecule has 1 heterocycles. The highest BCUT2D eigenvalue weighted by atomic mass is 32.1. The van der Waals surface area contributed by atoms with Gasteiger partial charge in [0.25, 0.3) is 5.91 Å². The highest BCUT2D eigenvalue weighted by molar-refractivity contribution is 7.14. The van der Waals surface area contributed by atoms with Crippen molar-refractivity contribution < 1.29 is 18.7 Å². The Morgan fingerprint density at radius 3 is 2.86 bits per heavy atom. The summed E-state index contributed by atoms with van der Waals surface area (Å²) in [6.07, 6.45) is 0. The van der Waals surface area contributed by atoms with Crippen molar-refractivity contribution in [2.45, 2.75) is 0 Å². The SMILES string of the molecule is N#Cc1ccsc1NC(=O)COC(=O)c1ccc(F)cc1N. The van der Waals surface area contributed by atoms with E-state index in [0.717, 1.165) is 12.1 Å². The summed E-state index contributed by atoms with van der Waals surface area (Å²) in [6.45, 7) is -0.543. The number of amides is 1. The molecule has 0 atom stereocenters. The third kappa shape index (κ3) is 3.59. The van der Waals surface area contributed by atoms with Gasteiger partial charge in [-0.2, -0.15) is 5.26 Å². The van der Waals surface area contributed by atoms with E-state index in [1.54, 1.807) is 11.4 Å². The molecule has 0 aliphatic heterocycles. The molecule has 2 rings (SSSR count). The Balaban J connectivity index is 1.94. The van der Waals surface area contributed by atoms with Crippen molar-refractivity contribution in [2.75, 3.05) is 17.7 Å². The van der Waals surface area contributed by atoms with E-state index in [4.69, 9.17) is 15.7 Å². The van der Waals surface area contributed by atoms with Crippen molar-refractivity contribution in [2.24, 2.45) is 0 Å². The molecule has 22 heavy (non-hydrogen) atoms. The number of rotatable bonds is 4. The lowest BCUT2D eigenvalue weighted by Gasteiger charge is -2.07. The van der Waals surface area contributed by atoms with Gasteiger partial charge < -0.3 is 15.8 Å². The van der Waals surface area contributed by atoms with E-state index in [-0.39, 0.29) is 11.3 Å². The minimum absolute atomic E-state index is 0.0250. The summed E-state index contributed by atoms with van der Waals surface area (Å²) < 4.78 is 17.7. The van der Waals surface area contributed by atoms with Crippen LogP contribution < -0.4 is 11.1 Å². The van der Waals surface area contributed by atoms with E-state index in [1.165, 1.54) is 17.4 Å². The lowest BCUT2D eigenvalue weighted by molar-refractivity contribution is -0.119. The Morgan fingerprint density at radius 1 is 1.41 bits per heavy atom. The fraction of sp³-hybridized carbons (Fsp3) is 0.0714. The average molecular weight is 319 g/mol. The zero-order valence-electron chi connectivity index (χ0n) is 11.1. The highest BCUT2D eigenvalue weighted by Gasteiger charge is 2.15. The zero-order chi connectivity index (χ0) is 16.1. The number of nitrogens with two attached hydrogens (primary N) is 1. The van der Waals surface area contributed by atoms with E-state index >= 15 is 0 Å². The fourth-order valence-corrected chi connectivity index (χ4v) is 2.34. The van der Waals surface area contributed by atoms with Crippen LogP contribution in [0.2, 0.25) is 0 Å². The molecule has 0 aliphatic carbocycles. The van der Waals surface area contributed by atoms with Crippen molar-refractivity contribution in [1.82, 2.24) is 0 Å². The van der Waals surface area contributed by atoms with E-state index < -0.39 is 24.3 Å². The number of carbonyl (C=O) groups excluding carboxylic acids is 2. The number of carbonyl (C=O) groups is 2. The van der Waals surface area contributed by atoms with Gasteiger partial charge in [0.15, 0.2) is 6.61 Å². The molecule has 0 saturated carbocycles. The van der Waals surface area contributed by atoms with Gasteiger partial charge in [-0.1, -0.05) is 0 Å². The van der Waals surface area contributed by atoms with Crippen LogP contribution in [-0.2, 0) is 9.53 Å². The van der Waals surface area contributed by atoms with Gasteiger partial charge in [0.2, 0.25) is 0 Å². The van der Waals surface area contributed by atoms with Gasteiger partial charge in [0, 0.05) is 5.69 Å². The van der Waals surface area contributed by atoms with Crippen LogP contribution in [0, 0.1) is 17.1 Å². The van der Waals surface area contributed by atoms with Crippen LogP contribution in [0.4, 0.5) is 15.1 Å². The molecule has 2 aromatic rings. The van der Waals surface area contributed by atoms with Crippen LogP contribution in [0.25, 0.3) is 0 Å². The number of ether oxygens (including phenoxy) is 1. The van der Waals surface area contributed by atoms with E-state index in [9.17, 15) is 14.0 Å². The second-order valence-electron chi connectivity index (χ2n) is 4.13. The first kappa shape index (κ1) is 15.5. The number of hydrogen-bond donors (Lipinski definition) is 2. The molecule has 1 aromatic heterocycles. The number of nitrogens with one attached hydrogen (secondary N) is 1. The largest absolute Gasteiger partial charge is 0.452 e. The minimum Gasteiger partial charge on any atom is -0.452 e. The van der Waals surface area contributed by atoms with E-state index in [1.807, 2.05) is 6.07 Å². The molecule has 3 N–H and O–H groups in total. The Hall–Kier alpha value is -2.92. The summed E-state index contributed by atoms with van der Waals surface area (Å²) in [7, 11) is 0. The van der Waals surface area contributed by atoms with Gasteiger partial charge in [-0.3, -0.25) is 4.79 Å². The molecule has 0 fully saturated rings. The molecule has 0 bridgehead atoms. The Kier molecular flexibility index (Phi) is 4.70. The summed E-state index contributed by atoms with van der Waals surface area (Å²) in [6, 6.07) is 6.71. The van der Waals surface area contributed by atoms with Gasteiger partial charge in [0.1, 0.15) is 16.9 Å². The minimum atomic E-state index is -0.834. The summed E-state index contributed by atoms with van der Waals surface area (Å²) >= 11 is 1.18. The number of benzene rings is 1. The maximum atomic E-state index is 12.9. The van der Waals surface area contributed by atoms with Gasteiger partial charge in [-0.15, -0.1) is 11.3 Å². The lowest BCUT2D eigenvalue weighted by Crippen LogP contribution is -2.21. The predicted octanol–water partition coefficient (Wildman–Crippen LogP) is 2.14. The summed E-state index contributed by atoms with van der Waals surface area (Å²) in [5.41, 5.74) is 5.73. The number of esters is 1. The van der Waals surface area contributed by atoms with Crippen LogP contribution in [-0.4, -0.2) is 18.5 Å². The van der Waals surface area contributed by atoms with Crippen LogP contribution in [0.1, 0.15) is 15.9 Å². The van der Waals surface area contributed by atoms with Crippen LogP contribution in [0.3, 0.4) is 0 Å².